The molecule has 0 aliphatic carbocycles. The van der Waals surface area contributed by atoms with Gasteiger partial charge >= 0.3 is 11.9 Å². The quantitative estimate of drug-likeness (QED) is 0.619. The van der Waals surface area contributed by atoms with E-state index in [-0.39, 0.29) is 24.4 Å². The molecule has 0 aromatic rings. The molecule has 0 unspecified atom stereocenters. The third-order valence-corrected chi connectivity index (χ3v) is 1.56. The van der Waals surface area contributed by atoms with Gasteiger partial charge in [0.05, 0.1) is 24.4 Å². The lowest BCUT2D eigenvalue weighted by Gasteiger charge is -2.04. The van der Waals surface area contributed by atoms with E-state index in [4.69, 9.17) is 14.9 Å². The minimum Gasteiger partial charge on any atom is -0.478 e. The van der Waals surface area contributed by atoms with Gasteiger partial charge in [-0.2, -0.15) is 0 Å². The van der Waals surface area contributed by atoms with E-state index in [1.807, 2.05) is 0 Å². The van der Waals surface area contributed by atoms with Gasteiger partial charge in [0.2, 0.25) is 0 Å². The van der Waals surface area contributed by atoms with Gasteiger partial charge in [-0.3, -0.25) is 0 Å². The molecule has 84 valence electrons. The van der Waals surface area contributed by atoms with Crippen molar-refractivity contribution in [3.8, 4) is 0 Å². The van der Waals surface area contributed by atoms with Crippen molar-refractivity contribution in [2.24, 2.45) is 0 Å². The summed E-state index contributed by atoms with van der Waals surface area (Å²) in [5, 5.41) is 17.1. The van der Waals surface area contributed by atoms with E-state index in [0.717, 1.165) is 0 Å². The van der Waals surface area contributed by atoms with Crippen LogP contribution in [0.2, 0.25) is 0 Å². The van der Waals surface area contributed by atoms with Crippen LogP contribution in [0, 0.1) is 0 Å². The SMILES string of the molecule is C=C(COC/C(=C/CC)C(=O)O)C(=O)O. The second kappa shape index (κ2) is 6.78. The minimum atomic E-state index is -1.15. The molecule has 0 atom stereocenters. The Bertz CT molecular complexity index is 290. The number of hydrogen-bond acceptors (Lipinski definition) is 3. The lowest BCUT2D eigenvalue weighted by Crippen LogP contribution is -2.12. The summed E-state index contributed by atoms with van der Waals surface area (Å²) < 4.78 is 4.90. The third-order valence-electron chi connectivity index (χ3n) is 1.56. The lowest BCUT2D eigenvalue weighted by molar-refractivity contribution is -0.133. The Kier molecular flexibility index (Phi) is 6.05. The molecule has 0 aromatic heterocycles. The van der Waals surface area contributed by atoms with Gasteiger partial charge < -0.3 is 14.9 Å². The molecule has 2 N–H and O–H groups in total. The van der Waals surface area contributed by atoms with E-state index in [2.05, 4.69) is 6.58 Å². The maximum atomic E-state index is 10.6. The van der Waals surface area contributed by atoms with Gasteiger partial charge in [-0.15, -0.1) is 0 Å². The first-order valence-electron chi connectivity index (χ1n) is 4.40. The molecule has 0 spiro atoms. The van der Waals surface area contributed by atoms with Crippen LogP contribution >= 0.6 is 0 Å². The van der Waals surface area contributed by atoms with E-state index in [9.17, 15) is 9.59 Å². The number of carboxylic acid groups (broad SMARTS) is 2. The van der Waals surface area contributed by atoms with E-state index in [0.29, 0.717) is 6.42 Å². The molecule has 5 heteroatoms. The average molecular weight is 214 g/mol. The van der Waals surface area contributed by atoms with Gasteiger partial charge in [0, 0.05) is 0 Å². The van der Waals surface area contributed by atoms with Crippen LogP contribution in [0.25, 0.3) is 0 Å². The first-order chi connectivity index (χ1) is 6.99. The molecule has 0 heterocycles. The molecule has 5 nitrogen and oxygen atoms in total. The highest BCUT2D eigenvalue weighted by molar-refractivity contribution is 5.87. The van der Waals surface area contributed by atoms with Crippen molar-refractivity contribution in [2.45, 2.75) is 13.3 Å². The van der Waals surface area contributed by atoms with Crippen LogP contribution in [0.15, 0.2) is 23.8 Å². The highest BCUT2D eigenvalue weighted by Gasteiger charge is 2.08. The van der Waals surface area contributed by atoms with Gasteiger partial charge in [0.1, 0.15) is 0 Å². The maximum absolute atomic E-state index is 10.6. The van der Waals surface area contributed by atoms with E-state index >= 15 is 0 Å². The molecule has 0 aromatic carbocycles. The summed E-state index contributed by atoms with van der Waals surface area (Å²) in [7, 11) is 0. The van der Waals surface area contributed by atoms with Crippen LogP contribution in [0.4, 0.5) is 0 Å². The van der Waals surface area contributed by atoms with Gasteiger partial charge in [0.25, 0.3) is 0 Å². The summed E-state index contributed by atoms with van der Waals surface area (Å²) >= 11 is 0. The monoisotopic (exact) mass is 214 g/mol. The molecule has 0 rings (SSSR count). The lowest BCUT2D eigenvalue weighted by atomic mass is 10.2. The molecule has 0 aliphatic rings. The number of rotatable bonds is 7. The van der Waals surface area contributed by atoms with Crippen molar-refractivity contribution >= 4 is 11.9 Å². The van der Waals surface area contributed by atoms with Crippen molar-refractivity contribution in [2.75, 3.05) is 13.2 Å². The molecule has 0 bridgehead atoms. The Morgan fingerprint density at radius 1 is 1.27 bits per heavy atom. The highest BCUT2D eigenvalue weighted by atomic mass is 16.5. The Morgan fingerprint density at radius 3 is 2.27 bits per heavy atom. The number of ether oxygens (including phenoxy) is 1. The first-order valence-corrected chi connectivity index (χ1v) is 4.40. The summed E-state index contributed by atoms with van der Waals surface area (Å²) in [5.41, 5.74) is 0.0203. The van der Waals surface area contributed by atoms with Gasteiger partial charge in [-0.25, -0.2) is 9.59 Å². The summed E-state index contributed by atoms with van der Waals surface area (Å²) in [4.78, 5) is 20.9. The summed E-state index contributed by atoms with van der Waals surface area (Å²) in [5.74, 6) is -2.20. The number of allylic oxidation sites excluding steroid dienone is 1. The van der Waals surface area contributed by atoms with E-state index in [1.165, 1.54) is 6.08 Å². The van der Waals surface area contributed by atoms with Crippen LogP contribution in [-0.2, 0) is 14.3 Å². The smallest absolute Gasteiger partial charge is 0.333 e. The first kappa shape index (κ1) is 13.4. The van der Waals surface area contributed by atoms with Crippen LogP contribution in [0.3, 0.4) is 0 Å². The van der Waals surface area contributed by atoms with Crippen molar-refractivity contribution in [1.29, 1.82) is 0 Å². The molecular weight excluding hydrogens is 200 g/mol. The summed E-state index contributed by atoms with van der Waals surface area (Å²) in [6.07, 6.45) is 2.11. The van der Waals surface area contributed by atoms with Crippen molar-refractivity contribution in [1.82, 2.24) is 0 Å². The average Bonchev–Trinajstić information content (AvgIpc) is 2.15. The van der Waals surface area contributed by atoms with Crippen molar-refractivity contribution < 1.29 is 24.5 Å². The predicted octanol–water partition coefficient (Wildman–Crippen LogP) is 1.06. The minimum absolute atomic E-state index is 0.101. The topological polar surface area (TPSA) is 83.8 Å². The van der Waals surface area contributed by atoms with Crippen LogP contribution in [-0.4, -0.2) is 35.4 Å². The van der Waals surface area contributed by atoms with Crippen LogP contribution < -0.4 is 0 Å². The molecule has 15 heavy (non-hydrogen) atoms. The molecule has 0 fully saturated rings. The molecular formula is C10H14O5. The summed E-state index contributed by atoms with van der Waals surface area (Å²) in [6, 6.07) is 0. The van der Waals surface area contributed by atoms with Crippen LogP contribution in [0.5, 0.6) is 0 Å². The van der Waals surface area contributed by atoms with E-state index < -0.39 is 11.9 Å². The molecule has 0 saturated heterocycles. The zero-order chi connectivity index (χ0) is 11.8. The zero-order valence-electron chi connectivity index (χ0n) is 8.52. The fourth-order valence-corrected chi connectivity index (χ4v) is 0.800. The molecule has 0 aliphatic heterocycles. The van der Waals surface area contributed by atoms with Crippen LogP contribution in [0.1, 0.15) is 13.3 Å². The van der Waals surface area contributed by atoms with Crippen molar-refractivity contribution in [3.05, 3.63) is 23.8 Å². The Hall–Kier alpha value is -1.62. The molecule has 0 saturated carbocycles. The third kappa shape index (κ3) is 5.64. The molecule has 0 radical (unpaired) electrons. The fraction of sp³-hybridized carbons (Fsp3) is 0.400. The zero-order valence-corrected chi connectivity index (χ0v) is 8.52. The summed E-state index contributed by atoms with van der Waals surface area (Å²) in [6.45, 7) is 4.76. The predicted molar refractivity (Wildman–Crippen MR) is 53.6 cm³/mol. The maximum Gasteiger partial charge on any atom is 0.333 e. The highest BCUT2D eigenvalue weighted by Crippen LogP contribution is 2.00. The fourth-order valence-electron chi connectivity index (χ4n) is 0.800. The van der Waals surface area contributed by atoms with Gasteiger partial charge in [-0.1, -0.05) is 19.6 Å². The normalized spacial score (nSPS) is 11.1. The number of hydrogen-bond donors (Lipinski definition) is 2. The number of aliphatic carboxylic acids is 2. The van der Waals surface area contributed by atoms with Gasteiger partial charge in [-0.05, 0) is 6.42 Å². The Morgan fingerprint density at radius 2 is 1.87 bits per heavy atom. The second-order valence-corrected chi connectivity index (χ2v) is 2.84. The van der Waals surface area contributed by atoms with E-state index in [1.54, 1.807) is 6.92 Å². The van der Waals surface area contributed by atoms with Gasteiger partial charge in [0.15, 0.2) is 0 Å². The van der Waals surface area contributed by atoms with Crippen molar-refractivity contribution in [3.63, 3.8) is 0 Å². The standard InChI is InChI=1S/C10H14O5/c1-3-4-8(10(13)14)6-15-5-7(2)9(11)12/h4H,2-3,5-6H2,1H3,(H,11,12)(H,13,14)/b8-4-. The number of carboxylic acids is 2. The Balaban J connectivity index is 4.03. The largest absolute Gasteiger partial charge is 0.478 e. The second-order valence-electron chi connectivity index (χ2n) is 2.84. The Labute approximate surface area is 87.7 Å². The molecule has 0 amide bonds. The number of carbonyl (C=O) groups is 2.